The van der Waals surface area contributed by atoms with E-state index in [2.05, 4.69) is 16.0 Å². The van der Waals surface area contributed by atoms with E-state index in [9.17, 15) is 69.0 Å². The molecule has 0 aromatic carbocycles. The highest BCUT2D eigenvalue weighted by molar-refractivity contribution is 7.53. The minimum Gasteiger partial charge on any atom is -0.394 e. The van der Waals surface area contributed by atoms with Crippen molar-refractivity contribution in [2.24, 2.45) is 5.73 Å². The summed E-state index contributed by atoms with van der Waals surface area (Å²) in [6.07, 6.45) is -21.6. The number of aliphatic hydroxyl groups excluding tert-OH is 7. The van der Waals surface area contributed by atoms with E-state index in [1.807, 2.05) is 0 Å². The van der Waals surface area contributed by atoms with Gasteiger partial charge in [-0.05, 0) is 0 Å². The van der Waals surface area contributed by atoms with Crippen LogP contribution in [-0.2, 0) is 51.5 Å². The smallest absolute Gasteiger partial charge is 0.330 e. The first kappa shape index (κ1) is 46.6. The van der Waals surface area contributed by atoms with Crippen molar-refractivity contribution >= 4 is 32.9 Å². The van der Waals surface area contributed by atoms with Crippen molar-refractivity contribution < 1.29 is 97.0 Å². The fourth-order valence-corrected chi connectivity index (χ4v) is 8.74. The van der Waals surface area contributed by atoms with E-state index in [0.717, 1.165) is 20.8 Å². The predicted molar refractivity (Wildman–Crippen MR) is 178 cm³/mol. The third-order valence-electron chi connectivity index (χ3n) is 8.79. The Hall–Kier alpha value is -1.77. The van der Waals surface area contributed by atoms with Crippen molar-refractivity contribution in [1.29, 1.82) is 0 Å². The van der Waals surface area contributed by atoms with Gasteiger partial charge in [0.15, 0.2) is 6.29 Å². The number of nitrogens with one attached hydrogen (secondary N) is 3. The van der Waals surface area contributed by atoms with Crippen molar-refractivity contribution in [1.82, 2.24) is 16.0 Å². The summed E-state index contributed by atoms with van der Waals surface area (Å²) in [5, 5.41) is 80.2. The normalized spacial score (nSPS) is 39.5. The Bertz CT molecular complexity index is 1370. The van der Waals surface area contributed by atoms with Crippen LogP contribution in [0.4, 0.5) is 0 Å². The number of amides is 3. The number of carbonyl (C=O) groups is 3. The second-order valence-corrected chi connectivity index (χ2v) is 17.0. The number of hydrogen-bond acceptors (Lipinski definition) is 19. The largest absolute Gasteiger partial charge is 0.394 e. The molecule has 26 heteroatoms. The van der Waals surface area contributed by atoms with Crippen LogP contribution in [0.1, 0.15) is 20.8 Å². The molecule has 0 bridgehead atoms. The predicted octanol–water partition coefficient (Wildman–Crippen LogP) is -6.70. The zero-order valence-corrected chi connectivity index (χ0v) is 31.4. The topological polar surface area (TPSA) is 385 Å². The molecule has 8 unspecified atom stereocenters. The van der Waals surface area contributed by atoms with E-state index in [1.165, 1.54) is 0 Å². The molecule has 3 saturated heterocycles. The van der Waals surface area contributed by atoms with Crippen LogP contribution in [0.15, 0.2) is 0 Å². The maximum Gasteiger partial charge on any atom is 0.330 e. The van der Waals surface area contributed by atoms with Crippen LogP contribution in [0, 0.1) is 0 Å². The Morgan fingerprint density at radius 2 is 0.981 bits per heavy atom. The lowest BCUT2D eigenvalue weighted by Crippen LogP contribution is -2.65. The average molecular weight is 827 g/mol. The number of ether oxygens (including phenoxy) is 4. The Morgan fingerprint density at radius 3 is 1.39 bits per heavy atom. The van der Waals surface area contributed by atoms with Crippen molar-refractivity contribution in [2.45, 2.75) is 112 Å². The summed E-state index contributed by atoms with van der Waals surface area (Å²) in [7, 11) is -9.67. The maximum absolute atomic E-state index is 13.3. The van der Waals surface area contributed by atoms with Crippen LogP contribution in [-0.4, -0.2) is 200 Å². The molecule has 0 saturated carbocycles. The summed E-state index contributed by atoms with van der Waals surface area (Å²) >= 11 is 0. The van der Waals surface area contributed by atoms with E-state index in [0.29, 0.717) is 0 Å². The third-order valence-corrected chi connectivity index (χ3v) is 11.5. The quantitative estimate of drug-likeness (QED) is 0.0606. The van der Waals surface area contributed by atoms with E-state index < -0.39 is 157 Å². The van der Waals surface area contributed by atoms with Crippen LogP contribution in [0.5, 0.6) is 0 Å². The molecule has 0 spiro atoms. The van der Waals surface area contributed by atoms with E-state index in [4.69, 9.17) is 33.7 Å². The van der Waals surface area contributed by atoms with Gasteiger partial charge in [-0.1, -0.05) is 0 Å². The van der Waals surface area contributed by atoms with Gasteiger partial charge in [0.2, 0.25) is 17.7 Å². The zero-order valence-electron chi connectivity index (χ0n) is 29.6. The van der Waals surface area contributed by atoms with Gasteiger partial charge >= 0.3 is 15.2 Å². The Kier molecular flexibility index (Phi) is 17.3. The number of nitrogens with two attached hydrogens (primary N) is 1. The number of rotatable bonds is 17. The maximum atomic E-state index is 13.3. The minimum absolute atomic E-state index is 0.0196. The fraction of sp³-hybridized carbons (Fsp3) is 0.893. The highest BCUT2D eigenvalue weighted by Crippen LogP contribution is 2.47. The Balaban J connectivity index is 1.72. The van der Waals surface area contributed by atoms with Gasteiger partial charge < -0.3 is 95.2 Å². The van der Waals surface area contributed by atoms with E-state index in [-0.39, 0.29) is 13.2 Å². The van der Waals surface area contributed by atoms with E-state index >= 15 is 0 Å². The van der Waals surface area contributed by atoms with Crippen molar-refractivity contribution in [3.63, 3.8) is 0 Å². The Labute approximate surface area is 309 Å². The summed E-state index contributed by atoms with van der Waals surface area (Å²) in [5.41, 5.74) is 5.46. The molecule has 3 fully saturated rings. The highest BCUT2D eigenvalue weighted by Gasteiger charge is 2.51. The van der Waals surface area contributed by atoms with Gasteiger partial charge in [0.05, 0.1) is 63.0 Å². The number of carbonyl (C=O) groups excluding carboxylic acids is 3. The lowest BCUT2D eigenvalue weighted by atomic mass is 9.93. The van der Waals surface area contributed by atoms with Crippen molar-refractivity contribution in [2.75, 3.05) is 45.3 Å². The molecule has 3 heterocycles. The summed E-state index contributed by atoms with van der Waals surface area (Å²) in [5.74, 6) is -2.02. The molecule has 14 N–H and O–H groups in total. The number of aliphatic hydroxyl groups is 7. The van der Waals surface area contributed by atoms with Gasteiger partial charge in [0.1, 0.15) is 61.0 Å². The van der Waals surface area contributed by atoms with Gasteiger partial charge in [0.25, 0.3) is 0 Å². The van der Waals surface area contributed by atoms with Crippen molar-refractivity contribution in [3.8, 4) is 0 Å². The van der Waals surface area contributed by atoms with Gasteiger partial charge in [0, 0.05) is 27.3 Å². The molecule has 17 atom stereocenters. The van der Waals surface area contributed by atoms with Crippen LogP contribution in [0.3, 0.4) is 0 Å². The molecule has 0 radical (unpaired) electrons. The summed E-state index contributed by atoms with van der Waals surface area (Å²) in [6.45, 7) is 0.621. The second-order valence-electron chi connectivity index (χ2n) is 13.2. The molecule has 0 aliphatic carbocycles. The van der Waals surface area contributed by atoms with Crippen LogP contribution >= 0.6 is 15.2 Å². The van der Waals surface area contributed by atoms with Crippen LogP contribution in [0.2, 0.25) is 0 Å². The molecule has 3 aliphatic heterocycles. The summed E-state index contributed by atoms with van der Waals surface area (Å²) in [6, 6.07) is -4.21. The molecule has 3 aliphatic rings. The molecule has 314 valence electrons. The first-order valence-electron chi connectivity index (χ1n) is 16.8. The standard InChI is InChI=1S/C28H52N4O20P2/c1-11(34)30-19-17(50-14(6-33)22(37)25(19)40)9-53(43,44)48-7-15-23(38)26(41)20(31-12(2)35)18(51-15)10-54(45,46)49-8-16-24(39)27(42)21(32-13(3)36)28(52-16)47-5-4-29/h14-28,33,37-42H,4-10,29H2,1-3H3,(H,30,34)(H,31,35)(H,32,36)(H,43,44)(H,45,46)/t14?,15?,16?,17-,18-,19?,20?,21?,22-,23-,24-,25+,26+,27+,28+/m0/s1. The van der Waals surface area contributed by atoms with Crippen molar-refractivity contribution in [3.05, 3.63) is 0 Å². The first-order chi connectivity index (χ1) is 25.1. The lowest BCUT2D eigenvalue weighted by Gasteiger charge is -2.44. The molecule has 0 aromatic heterocycles. The zero-order chi connectivity index (χ0) is 40.7. The van der Waals surface area contributed by atoms with Gasteiger partial charge in [-0.15, -0.1) is 0 Å². The summed E-state index contributed by atoms with van der Waals surface area (Å²) in [4.78, 5) is 56.8. The van der Waals surface area contributed by atoms with E-state index in [1.54, 1.807) is 0 Å². The fourth-order valence-electron chi connectivity index (χ4n) is 6.24. The highest BCUT2D eigenvalue weighted by atomic mass is 31.2. The molecule has 24 nitrogen and oxygen atoms in total. The molecular formula is C28H52N4O20P2. The van der Waals surface area contributed by atoms with Gasteiger partial charge in [-0.25, -0.2) is 0 Å². The number of hydrogen-bond donors (Lipinski definition) is 13. The molecule has 3 amide bonds. The van der Waals surface area contributed by atoms with Gasteiger partial charge in [-0.2, -0.15) is 0 Å². The summed E-state index contributed by atoms with van der Waals surface area (Å²) < 4.78 is 59.0. The lowest BCUT2D eigenvalue weighted by molar-refractivity contribution is -0.268. The van der Waals surface area contributed by atoms with Gasteiger partial charge in [-0.3, -0.25) is 23.5 Å². The van der Waals surface area contributed by atoms with Crippen LogP contribution in [0.25, 0.3) is 0 Å². The molecular weight excluding hydrogens is 774 g/mol. The third kappa shape index (κ3) is 12.6. The molecule has 54 heavy (non-hydrogen) atoms. The molecule has 0 aromatic rings. The molecule has 3 rings (SSSR count). The average Bonchev–Trinajstić information content (AvgIpc) is 3.07. The first-order valence-corrected chi connectivity index (χ1v) is 20.3. The second kappa shape index (κ2) is 20.1. The van der Waals surface area contributed by atoms with Crippen LogP contribution < -0.4 is 21.7 Å². The SMILES string of the molecule is CC(=O)NC1[C@H](OCCN)OC(COP(=O)(O)C[C@@H]2OC(COP(=O)(O)C[C@@H]3OC(CO)[C@H](O)[C@H](O)C3NC(C)=O)[C@H](O)[C@H](O)C2NC(C)=O)[C@H](O)[C@@H]1O. The minimum atomic E-state index is -4.85. The monoisotopic (exact) mass is 826 g/mol. The Morgan fingerprint density at radius 1 is 0.611 bits per heavy atom.